The van der Waals surface area contributed by atoms with Crippen LogP contribution in [-0.2, 0) is 22.4 Å². The molecule has 2 aliphatic rings. The first kappa shape index (κ1) is 16.9. The molecule has 0 bridgehead atoms. The molecule has 136 valence electrons. The lowest BCUT2D eigenvalue weighted by Crippen LogP contribution is -2.20. The van der Waals surface area contributed by atoms with Crippen molar-refractivity contribution < 1.29 is 23.8 Å². The molecule has 1 amide bonds. The van der Waals surface area contributed by atoms with E-state index in [0.29, 0.717) is 28.0 Å². The number of amides is 1. The van der Waals surface area contributed by atoms with Crippen molar-refractivity contribution in [2.45, 2.75) is 26.2 Å². The molecule has 4 rings (SSSR count). The van der Waals surface area contributed by atoms with E-state index in [4.69, 9.17) is 14.2 Å². The summed E-state index contributed by atoms with van der Waals surface area (Å²) in [4.78, 5) is 26.1. The maximum absolute atomic E-state index is 12.2. The van der Waals surface area contributed by atoms with Gasteiger partial charge in [-0.25, -0.2) is 4.79 Å². The number of fused-ring (bicyclic) bond motifs is 2. The Morgan fingerprint density at radius 1 is 1.27 bits per heavy atom. The molecule has 0 radical (unpaired) electrons. The third kappa shape index (κ3) is 3.53. The van der Waals surface area contributed by atoms with Crippen LogP contribution in [0.1, 0.15) is 33.5 Å². The molecule has 6 nitrogen and oxygen atoms in total. The molecule has 2 heterocycles. The Hall–Kier alpha value is -2.54. The van der Waals surface area contributed by atoms with Crippen LogP contribution in [0.4, 0.5) is 5.69 Å². The predicted octanol–water partition coefficient (Wildman–Crippen LogP) is 3.40. The summed E-state index contributed by atoms with van der Waals surface area (Å²) in [6.45, 7) is 2.07. The van der Waals surface area contributed by atoms with E-state index >= 15 is 0 Å². The summed E-state index contributed by atoms with van der Waals surface area (Å²) in [5.41, 5.74) is 1.81. The Morgan fingerprint density at radius 3 is 3.00 bits per heavy atom. The van der Waals surface area contributed by atoms with Crippen LogP contribution in [0.5, 0.6) is 11.5 Å². The van der Waals surface area contributed by atoms with Crippen LogP contribution >= 0.6 is 11.3 Å². The Morgan fingerprint density at radius 2 is 2.12 bits per heavy atom. The Balaban J connectivity index is 1.32. The van der Waals surface area contributed by atoms with E-state index in [9.17, 15) is 9.59 Å². The van der Waals surface area contributed by atoms with Crippen molar-refractivity contribution >= 4 is 28.9 Å². The number of hydrogen-bond acceptors (Lipinski definition) is 6. The minimum absolute atomic E-state index is 0.175. The van der Waals surface area contributed by atoms with Gasteiger partial charge in [-0.3, -0.25) is 4.79 Å². The van der Waals surface area contributed by atoms with E-state index in [-0.39, 0.29) is 13.4 Å². The first-order valence-electron chi connectivity index (χ1n) is 8.56. The topological polar surface area (TPSA) is 73.9 Å². The lowest BCUT2D eigenvalue weighted by atomic mass is 9.90. The van der Waals surface area contributed by atoms with Crippen LogP contribution in [0.3, 0.4) is 0 Å². The summed E-state index contributed by atoms with van der Waals surface area (Å²) in [7, 11) is 0. The SMILES string of the molecule is C[C@H]1CCc2sc(C(=O)OCC(=O)Nc3ccc4c(c3)OCO4)cc2C1. The van der Waals surface area contributed by atoms with Gasteiger partial charge in [-0.15, -0.1) is 11.3 Å². The summed E-state index contributed by atoms with van der Waals surface area (Å²) in [6, 6.07) is 7.02. The second-order valence-corrected chi connectivity index (χ2v) is 7.74. The number of thiophene rings is 1. The van der Waals surface area contributed by atoms with Crippen LogP contribution in [-0.4, -0.2) is 25.3 Å². The van der Waals surface area contributed by atoms with Gasteiger partial charge >= 0.3 is 5.97 Å². The van der Waals surface area contributed by atoms with Crippen LogP contribution in [0.2, 0.25) is 0 Å². The molecular weight excluding hydrogens is 354 g/mol. The van der Waals surface area contributed by atoms with E-state index < -0.39 is 11.9 Å². The van der Waals surface area contributed by atoms with E-state index in [2.05, 4.69) is 12.2 Å². The fraction of sp³-hybridized carbons (Fsp3) is 0.368. The summed E-state index contributed by atoms with van der Waals surface area (Å²) in [6.07, 6.45) is 3.17. The van der Waals surface area contributed by atoms with Crippen molar-refractivity contribution in [2.75, 3.05) is 18.7 Å². The second-order valence-electron chi connectivity index (χ2n) is 6.60. The number of carbonyl (C=O) groups excluding carboxylic acids is 2. The normalized spacial score (nSPS) is 17.5. The molecule has 26 heavy (non-hydrogen) atoms. The standard InChI is InChI=1S/C19H19NO5S/c1-11-2-5-16-12(6-11)7-17(26-16)19(22)23-9-18(21)20-13-3-4-14-15(8-13)25-10-24-14/h3-4,7-8,11H,2,5-6,9-10H2,1H3,(H,20,21)/t11-/m0/s1. The summed E-state index contributed by atoms with van der Waals surface area (Å²) in [5, 5.41) is 2.68. The number of anilines is 1. The molecule has 0 saturated carbocycles. The van der Waals surface area contributed by atoms with Crippen LogP contribution in [0.15, 0.2) is 24.3 Å². The summed E-state index contributed by atoms with van der Waals surface area (Å²) >= 11 is 1.48. The molecule has 1 aromatic heterocycles. The van der Waals surface area contributed by atoms with Crippen molar-refractivity contribution in [2.24, 2.45) is 5.92 Å². The van der Waals surface area contributed by atoms with Gasteiger partial charge in [0.15, 0.2) is 18.1 Å². The molecule has 1 aromatic carbocycles. The lowest BCUT2D eigenvalue weighted by molar-refractivity contribution is -0.119. The van der Waals surface area contributed by atoms with Crippen molar-refractivity contribution in [3.63, 3.8) is 0 Å². The Kier molecular flexibility index (Phi) is 4.55. The minimum Gasteiger partial charge on any atom is -0.454 e. The monoisotopic (exact) mass is 373 g/mol. The second kappa shape index (κ2) is 6.99. The van der Waals surface area contributed by atoms with E-state index in [1.165, 1.54) is 21.8 Å². The number of aryl methyl sites for hydroxylation is 1. The van der Waals surface area contributed by atoms with Gasteiger partial charge in [0.25, 0.3) is 5.91 Å². The molecule has 0 fully saturated rings. The molecular formula is C19H19NO5S. The molecule has 0 unspecified atom stereocenters. The van der Waals surface area contributed by atoms with Crippen LogP contribution in [0, 0.1) is 5.92 Å². The maximum Gasteiger partial charge on any atom is 0.348 e. The average molecular weight is 373 g/mol. The number of benzene rings is 1. The Bertz CT molecular complexity index is 860. The summed E-state index contributed by atoms with van der Waals surface area (Å²) in [5.74, 6) is 1.03. The highest BCUT2D eigenvalue weighted by molar-refractivity contribution is 7.14. The quantitative estimate of drug-likeness (QED) is 0.832. The summed E-state index contributed by atoms with van der Waals surface area (Å²) < 4.78 is 15.7. The highest BCUT2D eigenvalue weighted by Crippen LogP contribution is 2.34. The highest BCUT2D eigenvalue weighted by atomic mass is 32.1. The van der Waals surface area contributed by atoms with Gasteiger partial charge in [0.2, 0.25) is 6.79 Å². The first-order chi connectivity index (χ1) is 12.6. The number of ether oxygens (including phenoxy) is 3. The molecule has 0 saturated heterocycles. The zero-order valence-corrected chi connectivity index (χ0v) is 15.2. The fourth-order valence-corrected chi connectivity index (χ4v) is 4.28. The van der Waals surface area contributed by atoms with E-state index in [1.54, 1.807) is 18.2 Å². The van der Waals surface area contributed by atoms with E-state index in [0.717, 1.165) is 19.3 Å². The minimum atomic E-state index is -0.446. The molecule has 1 N–H and O–H groups in total. The van der Waals surface area contributed by atoms with Gasteiger partial charge in [-0.2, -0.15) is 0 Å². The third-order valence-corrected chi connectivity index (χ3v) is 5.74. The van der Waals surface area contributed by atoms with Crippen molar-refractivity contribution in [3.8, 4) is 11.5 Å². The predicted molar refractivity (Wildman–Crippen MR) is 97.0 cm³/mol. The van der Waals surface area contributed by atoms with E-state index in [1.807, 2.05) is 6.07 Å². The molecule has 2 aromatic rings. The zero-order chi connectivity index (χ0) is 18.1. The van der Waals surface area contributed by atoms with Crippen LogP contribution < -0.4 is 14.8 Å². The van der Waals surface area contributed by atoms with Crippen molar-refractivity contribution in [1.29, 1.82) is 0 Å². The van der Waals surface area contributed by atoms with Gasteiger partial charge in [0.05, 0.1) is 0 Å². The molecule has 1 aliphatic carbocycles. The molecule has 1 aliphatic heterocycles. The van der Waals surface area contributed by atoms with Gasteiger partial charge in [0.1, 0.15) is 4.88 Å². The highest BCUT2D eigenvalue weighted by Gasteiger charge is 2.22. The lowest BCUT2D eigenvalue weighted by Gasteiger charge is -2.16. The largest absolute Gasteiger partial charge is 0.454 e. The number of nitrogens with one attached hydrogen (secondary N) is 1. The van der Waals surface area contributed by atoms with Gasteiger partial charge < -0.3 is 19.5 Å². The first-order valence-corrected chi connectivity index (χ1v) is 9.38. The molecule has 0 spiro atoms. The zero-order valence-electron chi connectivity index (χ0n) is 14.4. The van der Waals surface area contributed by atoms with Gasteiger partial charge in [0, 0.05) is 16.6 Å². The van der Waals surface area contributed by atoms with Gasteiger partial charge in [-0.05, 0) is 48.9 Å². The van der Waals surface area contributed by atoms with Crippen molar-refractivity contribution in [1.82, 2.24) is 0 Å². The third-order valence-electron chi connectivity index (χ3n) is 4.52. The number of carbonyl (C=O) groups is 2. The maximum atomic E-state index is 12.2. The number of rotatable bonds is 4. The molecule has 7 heteroatoms. The van der Waals surface area contributed by atoms with Crippen LogP contribution in [0.25, 0.3) is 0 Å². The van der Waals surface area contributed by atoms with Crippen molar-refractivity contribution in [3.05, 3.63) is 39.6 Å². The Labute approximate surface area is 155 Å². The smallest absolute Gasteiger partial charge is 0.348 e. The fourth-order valence-electron chi connectivity index (χ4n) is 3.18. The van der Waals surface area contributed by atoms with Gasteiger partial charge in [-0.1, -0.05) is 6.92 Å². The number of hydrogen-bond donors (Lipinski definition) is 1. The average Bonchev–Trinajstić information content (AvgIpc) is 3.25. The molecule has 1 atom stereocenters. The number of esters is 1.